The minimum absolute atomic E-state index is 0.396. The molecule has 16 heavy (non-hydrogen) atoms. The summed E-state index contributed by atoms with van der Waals surface area (Å²) >= 11 is 5.62. The molecular weight excluding hydrogens is 228 g/mol. The SMILES string of the molecule is Clc1ccc(NCCCn2ccnn2)nn1. The van der Waals surface area contributed by atoms with Crippen LogP contribution in [-0.4, -0.2) is 31.7 Å². The van der Waals surface area contributed by atoms with E-state index in [4.69, 9.17) is 11.6 Å². The first kappa shape index (κ1) is 10.8. The summed E-state index contributed by atoms with van der Waals surface area (Å²) in [5, 5.41) is 18.7. The minimum atomic E-state index is 0.396. The van der Waals surface area contributed by atoms with E-state index in [0.29, 0.717) is 5.15 Å². The predicted octanol–water partition coefficient (Wildman–Crippen LogP) is 1.22. The molecule has 0 fully saturated rings. The maximum atomic E-state index is 5.62. The Kier molecular flexibility index (Phi) is 3.66. The molecule has 2 aromatic rings. The summed E-state index contributed by atoms with van der Waals surface area (Å²) in [6.07, 6.45) is 4.44. The van der Waals surface area contributed by atoms with Crippen LogP contribution in [0.1, 0.15) is 6.42 Å². The number of hydrogen-bond donors (Lipinski definition) is 1. The van der Waals surface area contributed by atoms with Gasteiger partial charge in [-0.15, -0.1) is 15.3 Å². The molecule has 0 saturated heterocycles. The third kappa shape index (κ3) is 3.16. The van der Waals surface area contributed by atoms with Crippen molar-refractivity contribution in [3.8, 4) is 0 Å². The highest BCUT2D eigenvalue weighted by Crippen LogP contribution is 2.05. The van der Waals surface area contributed by atoms with Gasteiger partial charge in [0, 0.05) is 19.3 Å². The first-order valence-electron chi connectivity index (χ1n) is 4.92. The molecule has 0 atom stereocenters. The van der Waals surface area contributed by atoms with Crippen LogP contribution in [0, 0.1) is 0 Å². The van der Waals surface area contributed by atoms with Crippen LogP contribution in [0.3, 0.4) is 0 Å². The Balaban J connectivity index is 1.70. The van der Waals surface area contributed by atoms with Crippen LogP contribution in [0.4, 0.5) is 5.82 Å². The maximum Gasteiger partial charge on any atom is 0.151 e. The van der Waals surface area contributed by atoms with Crippen LogP contribution in [0.5, 0.6) is 0 Å². The van der Waals surface area contributed by atoms with Gasteiger partial charge < -0.3 is 5.32 Å². The van der Waals surface area contributed by atoms with Gasteiger partial charge in [0.1, 0.15) is 5.82 Å². The molecule has 6 nitrogen and oxygen atoms in total. The van der Waals surface area contributed by atoms with E-state index < -0.39 is 0 Å². The lowest BCUT2D eigenvalue weighted by atomic mass is 10.4. The molecule has 0 bridgehead atoms. The van der Waals surface area contributed by atoms with Crippen LogP contribution >= 0.6 is 11.6 Å². The van der Waals surface area contributed by atoms with Gasteiger partial charge in [-0.1, -0.05) is 16.8 Å². The zero-order chi connectivity index (χ0) is 11.2. The number of aromatic nitrogens is 5. The molecule has 2 aromatic heterocycles. The molecule has 0 saturated carbocycles. The highest BCUT2D eigenvalue weighted by Gasteiger charge is 1.95. The largest absolute Gasteiger partial charge is 0.369 e. The summed E-state index contributed by atoms with van der Waals surface area (Å²) in [6, 6.07) is 3.50. The van der Waals surface area contributed by atoms with E-state index in [1.807, 2.05) is 6.20 Å². The van der Waals surface area contributed by atoms with Gasteiger partial charge >= 0.3 is 0 Å². The maximum absolute atomic E-state index is 5.62. The number of nitrogens with one attached hydrogen (secondary N) is 1. The standard InChI is InChI=1S/C9H11ClN6/c10-8-2-3-9(14-13-8)11-4-1-6-16-7-5-12-15-16/h2-3,5,7H,1,4,6H2,(H,11,14). The lowest BCUT2D eigenvalue weighted by Gasteiger charge is -2.04. The molecule has 0 unspecified atom stereocenters. The molecule has 0 radical (unpaired) electrons. The van der Waals surface area contributed by atoms with E-state index in [2.05, 4.69) is 25.8 Å². The lowest BCUT2D eigenvalue weighted by Crippen LogP contribution is -2.08. The Hall–Kier alpha value is -1.69. The van der Waals surface area contributed by atoms with E-state index in [9.17, 15) is 0 Å². The van der Waals surface area contributed by atoms with E-state index in [1.54, 1.807) is 23.0 Å². The molecule has 0 spiro atoms. The second-order valence-corrected chi connectivity index (χ2v) is 3.58. The summed E-state index contributed by atoms with van der Waals surface area (Å²) < 4.78 is 1.79. The van der Waals surface area contributed by atoms with Crippen molar-refractivity contribution in [1.29, 1.82) is 0 Å². The van der Waals surface area contributed by atoms with Gasteiger partial charge in [-0.05, 0) is 18.6 Å². The minimum Gasteiger partial charge on any atom is -0.369 e. The van der Waals surface area contributed by atoms with Crippen molar-refractivity contribution in [2.24, 2.45) is 0 Å². The Morgan fingerprint density at radius 2 is 2.25 bits per heavy atom. The van der Waals surface area contributed by atoms with E-state index >= 15 is 0 Å². The zero-order valence-electron chi connectivity index (χ0n) is 8.54. The van der Waals surface area contributed by atoms with Crippen molar-refractivity contribution in [2.45, 2.75) is 13.0 Å². The fourth-order valence-corrected chi connectivity index (χ4v) is 1.32. The Bertz CT molecular complexity index is 412. The molecule has 0 aliphatic rings. The zero-order valence-corrected chi connectivity index (χ0v) is 9.30. The van der Waals surface area contributed by atoms with Gasteiger partial charge in [-0.3, -0.25) is 4.68 Å². The second kappa shape index (κ2) is 5.41. The van der Waals surface area contributed by atoms with Crippen LogP contribution in [0.25, 0.3) is 0 Å². The molecular formula is C9H11ClN6. The van der Waals surface area contributed by atoms with Gasteiger partial charge in [0.2, 0.25) is 0 Å². The van der Waals surface area contributed by atoms with Crippen LogP contribution in [-0.2, 0) is 6.54 Å². The highest BCUT2D eigenvalue weighted by molar-refractivity contribution is 6.29. The molecule has 2 heterocycles. The van der Waals surface area contributed by atoms with Gasteiger partial charge in [0.15, 0.2) is 5.15 Å². The molecule has 0 aliphatic heterocycles. The Labute approximate surface area is 97.6 Å². The first-order chi connectivity index (χ1) is 7.84. The number of halogens is 1. The van der Waals surface area contributed by atoms with Gasteiger partial charge in [0.05, 0.1) is 6.20 Å². The van der Waals surface area contributed by atoms with Crippen molar-refractivity contribution >= 4 is 17.4 Å². The number of hydrogen-bond acceptors (Lipinski definition) is 5. The summed E-state index contributed by atoms with van der Waals surface area (Å²) in [5.41, 5.74) is 0. The lowest BCUT2D eigenvalue weighted by molar-refractivity contribution is 0.569. The summed E-state index contributed by atoms with van der Waals surface area (Å²) in [7, 11) is 0. The number of nitrogens with zero attached hydrogens (tertiary/aromatic N) is 5. The fourth-order valence-electron chi connectivity index (χ4n) is 1.22. The van der Waals surface area contributed by atoms with Gasteiger partial charge in [0.25, 0.3) is 0 Å². The quantitative estimate of drug-likeness (QED) is 0.794. The smallest absolute Gasteiger partial charge is 0.151 e. The first-order valence-corrected chi connectivity index (χ1v) is 5.29. The molecule has 0 amide bonds. The summed E-state index contributed by atoms with van der Waals surface area (Å²) in [4.78, 5) is 0. The van der Waals surface area contributed by atoms with E-state index in [-0.39, 0.29) is 0 Å². The molecule has 2 rings (SSSR count). The summed E-state index contributed by atoms with van der Waals surface area (Å²) in [5.74, 6) is 0.725. The Morgan fingerprint density at radius 3 is 2.94 bits per heavy atom. The number of rotatable bonds is 5. The monoisotopic (exact) mass is 238 g/mol. The molecule has 0 aliphatic carbocycles. The predicted molar refractivity (Wildman–Crippen MR) is 60.2 cm³/mol. The molecule has 7 heteroatoms. The van der Waals surface area contributed by atoms with Crippen LogP contribution < -0.4 is 5.32 Å². The van der Waals surface area contributed by atoms with E-state index in [0.717, 1.165) is 25.3 Å². The van der Waals surface area contributed by atoms with Crippen molar-refractivity contribution in [3.63, 3.8) is 0 Å². The highest BCUT2D eigenvalue weighted by atomic mass is 35.5. The van der Waals surface area contributed by atoms with Gasteiger partial charge in [-0.25, -0.2) is 0 Å². The van der Waals surface area contributed by atoms with Crippen LogP contribution in [0.15, 0.2) is 24.5 Å². The Morgan fingerprint density at radius 1 is 1.31 bits per heavy atom. The van der Waals surface area contributed by atoms with E-state index in [1.165, 1.54) is 0 Å². The number of anilines is 1. The molecule has 1 N–H and O–H groups in total. The van der Waals surface area contributed by atoms with Crippen molar-refractivity contribution < 1.29 is 0 Å². The third-order valence-corrected chi connectivity index (χ3v) is 2.18. The second-order valence-electron chi connectivity index (χ2n) is 3.19. The number of aryl methyl sites for hydroxylation is 1. The topological polar surface area (TPSA) is 68.5 Å². The summed E-state index contributed by atoms with van der Waals surface area (Å²) in [6.45, 7) is 1.63. The van der Waals surface area contributed by atoms with Crippen molar-refractivity contribution in [3.05, 3.63) is 29.7 Å². The molecule has 0 aromatic carbocycles. The molecule has 84 valence electrons. The van der Waals surface area contributed by atoms with Gasteiger partial charge in [-0.2, -0.15) is 0 Å². The third-order valence-electron chi connectivity index (χ3n) is 1.97. The van der Waals surface area contributed by atoms with Crippen molar-refractivity contribution in [1.82, 2.24) is 25.2 Å². The normalized spacial score (nSPS) is 10.3. The average Bonchev–Trinajstić information content (AvgIpc) is 2.80. The average molecular weight is 239 g/mol. The fraction of sp³-hybridized carbons (Fsp3) is 0.333. The van der Waals surface area contributed by atoms with Crippen molar-refractivity contribution in [2.75, 3.05) is 11.9 Å². The van der Waals surface area contributed by atoms with Crippen LogP contribution in [0.2, 0.25) is 5.15 Å².